The van der Waals surface area contributed by atoms with Crippen molar-refractivity contribution in [1.82, 2.24) is 0 Å². The Morgan fingerprint density at radius 1 is 1.09 bits per heavy atom. The van der Waals surface area contributed by atoms with Crippen LogP contribution in [0.15, 0.2) is 57.7 Å². The molecule has 5 heteroatoms. The quantitative estimate of drug-likeness (QED) is 0.799. The van der Waals surface area contributed by atoms with Crippen molar-refractivity contribution < 1.29 is 14.3 Å². The summed E-state index contributed by atoms with van der Waals surface area (Å²) in [5.41, 5.74) is 0.845. The van der Waals surface area contributed by atoms with Gasteiger partial charge in [-0.1, -0.05) is 23.7 Å². The Labute approximate surface area is 130 Å². The molecule has 4 nitrogen and oxygen atoms in total. The molecule has 1 heterocycles. The fourth-order valence-electron chi connectivity index (χ4n) is 2.33. The van der Waals surface area contributed by atoms with Crippen LogP contribution in [-0.2, 0) is 11.2 Å². The summed E-state index contributed by atoms with van der Waals surface area (Å²) in [5, 5.41) is 10.00. The summed E-state index contributed by atoms with van der Waals surface area (Å²) in [7, 11) is 0. The summed E-state index contributed by atoms with van der Waals surface area (Å²) in [5.74, 6) is -0.819. The van der Waals surface area contributed by atoms with E-state index in [1.165, 1.54) is 0 Å². The first-order valence-electron chi connectivity index (χ1n) is 6.58. The van der Waals surface area contributed by atoms with Crippen LogP contribution in [0.25, 0.3) is 22.3 Å². The fourth-order valence-corrected chi connectivity index (χ4v) is 2.45. The number of hydrogen-bond donors (Lipinski definition) is 1. The van der Waals surface area contributed by atoms with E-state index in [1.807, 2.05) is 0 Å². The molecule has 22 heavy (non-hydrogen) atoms. The zero-order valence-corrected chi connectivity index (χ0v) is 12.1. The van der Waals surface area contributed by atoms with E-state index in [2.05, 4.69) is 0 Å². The van der Waals surface area contributed by atoms with E-state index >= 15 is 0 Å². The predicted molar refractivity (Wildman–Crippen MR) is 84.3 cm³/mol. The minimum Gasteiger partial charge on any atom is -0.481 e. The average Bonchev–Trinajstić information content (AvgIpc) is 2.50. The van der Waals surface area contributed by atoms with Crippen molar-refractivity contribution in [2.45, 2.75) is 6.42 Å². The van der Waals surface area contributed by atoms with Gasteiger partial charge in [0.15, 0.2) is 5.43 Å². The van der Waals surface area contributed by atoms with Gasteiger partial charge in [0.1, 0.15) is 11.3 Å². The maximum Gasteiger partial charge on any atom is 0.308 e. The third-order valence-corrected chi connectivity index (χ3v) is 3.58. The van der Waals surface area contributed by atoms with Crippen LogP contribution in [0, 0.1) is 0 Å². The Hall–Kier alpha value is -2.59. The lowest BCUT2D eigenvalue weighted by molar-refractivity contribution is -0.136. The standard InChI is InChI=1S/C17H11ClO4/c18-11-7-5-10(6-8-11)17-13(9-15(19)20)16(21)12-3-1-2-4-14(12)22-17/h1-8H,9H2,(H,19,20). The van der Waals surface area contributed by atoms with Gasteiger partial charge >= 0.3 is 5.97 Å². The normalized spacial score (nSPS) is 10.8. The molecular weight excluding hydrogens is 304 g/mol. The topological polar surface area (TPSA) is 67.5 Å². The number of carbonyl (C=O) groups is 1. The average molecular weight is 315 g/mol. The number of aliphatic carboxylic acids is 1. The van der Waals surface area contributed by atoms with Crippen molar-refractivity contribution in [1.29, 1.82) is 0 Å². The monoisotopic (exact) mass is 314 g/mol. The Morgan fingerprint density at radius 3 is 2.45 bits per heavy atom. The lowest BCUT2D eigenvalue weighted by Crippen LogP contribution is -2.15. The molecule has 1 aromatic heterocycles. The molecule has 3 aromatic rings. The third-order valence-electron chi connectivity index (χ3n) is 3.33. The Kier molecular flexibility index (Phi) is 3.69. The molecule has 0 saturated heterocycles. The van der Waals surface area contributed by atoms with Crippen molar-refractivity contribution in [2.75, 3.05) is 0 Å². The first kappa shape index (κ1) is 14.4. The minimum absolute atomic E-state index is 0.133. The lowest BCUT2D eigenvalue weighted by Gasteiger charge is -2.09. The van der Waals surface area contributed by atoms with Crippen molar-refractivity contribution in [2.24, 2.45) is 0 Å². The Bertz CT molecular complexity index is 910. The van der Waals surface area contributed by atoms with Crippen molar-refractivity contribution in [3.63, 3.8) is 0 Å². The number of halogens is 1. The molecule has 1 N–H and O–H groups in total. The van der Waals surface area contributed by atoms with Crippen molar-refractivity contribution in [3.8, 4) is 11.3 Å². The number of carboxylic acids is 1. The molecule has 0 aliphatic rings. The van der Waals surface area contributed by atoms with Gasteiger partial charge in [-0.3, -0.25) is 9.59 Å². The van der Waals surface area contributed by atoms with Gasteiger partial charge in [0, 0.05) is 10.6 Å². The van der Waals surface area contributed by atoms with Gasteiger partial charge in [0.25, 0.3) is 0 Å². The van der Waals surface area contributed by atoms with Gasteiger partial charge in [-0.2, -0.15) is 0 Å². The van der Waals surface area contributed by atoms with Gasteiger partial charge < -0.3 is 9.52 Å². The summed E-state index contributed by atoms with van der Waals surface area (Å²) < 4.78 is 5.79. The van der Waals surface area contributed by atoms with Crippen LogP contribution in [0.5, 0.6) is 0 Å². The van der Waals surface area contributed by atoms with Crippen LogP contribution in [0.1, 0.15) is 5.56 Å². The molecule has 0 aliphatic carbocycles. The number of fused-ring (bicyclic) bond motifs is 1. The summed E-state index contributed by atoms with van der Waals surface area (Å²) in [6.07, 6.45) is -0.398. The number of rotatable bonds is 3. The summed E-state index contributed by atoms with van der Waals surface area (Å²) in [6.45, 7) is 0. The summed E-state index contributed by atoms with van der Waals surface area (Å²) >= 11 is 5.86. The second-order valence-electron chi connectivity index (χ2n) is 4.81. The number of carboxylic acid groups (broad SMARTS) is 1. The number of benzene rings is 2. The predicted octanol–water partition coefficient (Wildman–Crippen LogP) is 3.74. The largest absolute Gasteiger partial charge is 0.481 e. The first-order chi connectivity index (χ1) is 10.6. The molecular formula is C17H11ClO4. The van der Waals surface area contributed by atoms with Crippen LogP contribution < -0.4 is 5.43 Å². The molecule has 0 bridgehead atoms. The molecule has 2 aromatic carbocycles. The minimum atomic E-state index is -1.09. The van der Waals surface area contributed by atoms with Crippen LogP contribution in [0.2, 0.25) is 5.02 Å². The third kappa shape index (κ3) is 2.61. The van der Waals surface area contributed by atoms with Gasteiger partial charge in [-0.15, -0.1) is 0 Å². The zero-order valence-electron chi connectivity index (χ0n) is 11.4. The molecule has 0 spiro atoms. The second kappa shape index (κ2) is 5.66. The van der Waals surface area contributed by atoms with E-state index in [-0.39, 0.29) is 16.8 Å². The van der Waals surface area contributed by atoms with Gasteiger partial charge in [-0.05, 0) is 36.4 Å². The smallest absolute Gasteiger partial charge is 0.308 e. The van der Waals surface area contributed by atoms with Crippen LogP contribution in [0.3, 0.4) is 0 Å². The van der Waals surface area contributed by atoms with Gasteiger partial charge in [-0.25, -0.2) is 0 Å². The van der Waals surface area contributed by atoms with Crippen molar-refractivity contribution in [3.05, 3.63) is 69.3 Å². The molecule has 3 rings (SSSR count). The molecule has 110 valence electrons. The highest BCUT2D eigenvalue weighted by Crippen LogP contribution is 2.27. The van der Waals surface area contributed by atoms with Gasteiger partial charge in [0.05, 0.1) is 17.4 Å². The Balaban J connectivity index is 2.33. The molecule has 0 unspecified atom stereocenters. The molecule has 0 radical (unpaired) electrons. The highest BCUT2D eigenvalue weighted by atomic mass is 35.5. The zero-order chi connectivity index (χ0) is 15.7. The van der Waals surface area contributed by atoms with E-state index in [4.69, 9.17) is 21.1 Å². The first-order valence-corrected chi connectivity index (χ1v) is 6.96. The van der Waals surface area contributed by atoms with E-state index in [9.17, 15) is 9.59 Å². The molecule has 0 amide bonds. The Morgan fingerprint density at radius 2 is 1.77 bits per heavy atom. The van der Waals surface area contributed by atoms with E-state index in [0.29, 0.717) is 21.6 Å². The highest BCUT2D eigenvalue weighted by Gasteiger charge is 2.18. The second-order valence-corrected chi connectivity index (χ2v) is 5.25. The molecule has 0 atom stereocenters. The van der Waals surface area contributed by atoms with Crippen LogP contribution >= 0.6 is 11.6 Å². The van der Waals surface area contributed by atoms with Crippen molar-refractivity contribution >= 4 is 28.5 Å². The highest BCUT2D eigenvalue weighted by molar-refractivity contribution is 6.30. The van der Waals surface area contributed by atoms with E-state index in [1.54, 1.807) is 48.5 Å². The lowest BCUT2D eigenvalue weighted by atomic mass is 10.0. The summed E-state index contributed by atoms with van der Waals surface area (Å²) in [4.78, 5) is 23.7. The number of hydrogen-bond acceptors (Lipinski definition) is 3. The maximum atomic E-state index is 12.6. The number of para-hydroxylation sites is 1. The fraction of sp³-hybridized carbons (Fsp3) is 0.0588. The molecule has 0 saturated carbocycles. The summed E-state index contributed by atoms with van der Waals surface area (Å²) in [6, 6.07) is 13.5. The SMILES string of the molecule is O=C(O)Cc1c(-c2ccc(Cl)cc2)oc2ccccc2c1=O. The van der Waals surface area contributed by atoms with Crippen LogP contribution in [0.4, 0.5) is 0 Å². The molecule has 0 aliphatic heterocycles. The van der Waals surface area contributed by atoms with E-state index < -0.39 is 12.4 Å². The van der Waals surface area contributed by atoms with E-state index in [0.717, 1.165) is 0 Å². The van der Waals surface area contributed by atoms with Gasteiger partial charge in [0.2, 0.25) is 0 Å². The maximum absolute atomic E-state index is 12.6. The van der Waals surface area contributed by atoms with Crippen LogP contribution in [-0.4, -0.2) is 11.1 Å². The molecule has 0 fully saturated rings.